The van der Waals surface area contributed by atoms with E-state index in [2.05, 4.69) is 5.32 Å². The molecule has 1 amide bonds. The average Bonchev–Trinajstić information content (AvgIpc) is 2.78. The standard InChI is InChI=1S/C16H23NO6S/c1-16(5-6-24(19,20)10-16)17-14(18)9-11-7-12(21-2)15(23-4)13(8-11)22-3/h7-8H,5-6,9-10H2,1-4H3,(H,17,18)/t16-/m1/s1. The third-order valence-corrected chi connectivity index (χ3v) is 5.94. The summed E-state index contributed by atoms with van der Waals surface area (Å²) in [5, 5.41) is 2.83. The van der Waals surface area contributed by atoms with Crippen molar-refractivity contribution in [1.29, 1.82) is 0 Å². The molecule has 2 rings (SSSR count). The van der Waals surface area contributed by atoms with Gasteiger partial charge >= 0.3 is 0 Å². The van der Waals surface area contributed by atoms with E-state index in [0.29, 0.717) is 29.2 Å². The molecule has 1 aliphatic heterocycles. The lowest BCUT2D eigenvalue weighted by Gasteiger charge is -2.24. The number of hydrogen-bond acceptors (Lipinski definition) is 6. The quantitative estimate of drug-likeness (QED) is 0.815. The van der Waals surface area contributed by atoms with Gasteiger partial charge in [-0.15, -0.1) is 0 Å². The first-order valence-electron chi connectivity index (χ1n) is 7.52. The number of amides is 1. The zero-order chi connectivity index (χ0) is 18.0. The van der Waals surface area contributed by atoms with Crippen LogP contribution in [0.25, 0.3) is 0 Å². The monoisotopic (exact) mass is 357 g/mol. The lowest BCUT2D eigenvalue weighted by Crippen LogP contribution is -2.47. The van der Waals surface area contributed by atoms with Crippen molar-refractivity contribution in [1.82, 2.24) is 5.32 Å². The SMILES string of the molecule is COc1cc(CC(=O)N[C@]2(C)CCS(=O)(=O)C2)cc(OC)c1OC. The number of sulfone groups is 1. The van der Waals surface area contributed by atoms with Crippen LogP contribution in [0.4, 0.5) is 0 Å². The summed E-state index contributed by atoms with van der Waals surface area (Å²) in [6.45, 7) is 1.75. The Balaban J connectivity index is 2.14. The number of benzene rings is 1. The van der Waals surface area contributed by atoms with Crippen LogP contribution in [0.1, 0.15) is 18.9 Å². The molecule has 1 saturated heterocycles. The molecule has 24 heavy (non-hydrogen) atoms. The van der Waals surface area contributed by atoms with Crippen LogP contribution in [-0.2, 0) is 21.1 Å². The van der Waals surface area contributed by atoms with E-state index in [-0.39, 0.29) is 23.8 Å². The smallest absolute Gasteiger partial charge is 0.224 e. The lowest BCUT2D eigenvalue weighted by atomic mass is 10.0. The van der Waals surface area contributed by atoms with E-state index >= 15 is 0 Å². The molecule has 1 fully saturated rings. The molecule has 1 atom stereocenters. The van der Waals surface area contributed by atoms with Crippen LogP contribution in [0, 0.1) is 0 Å². The highest BCUT2D eigenvalue weighted by atomic mass is 32.2. The number of hydrogen-bond donors (Lipinski definition) is 1. The molecule has 0 aliphatic carbocycles. The highest BCUT2D eigenvalue weighted by Gasteiger charge is 2.39. The molecule has 1 N–H and O–H groups in total. The maximum Gasteiger partial charge on any atom is 0.224 e. The molecule has 0 radical (unpaired) electrons. The maximum atomic E-state index is 12.3. The minimum Gasteiger partial charge on any atom is -0.493 e. The number of carbonyl (C=O) groups is 1. The van der Waals surface area contributed by atoms with Crippen molar-refractivity contribution in [3.05, 3.63) is 17.7 Å². The molecule has 0 unspecified atom stereocenters. The number of nitrogens with one attached hydrogen (secondary N) is 1. The van der Waals surface area contributed by atoms with Crippen LogP contribution in [0.5, 0.6) is 17.2 Å². The zero-order valence-corrected chi connectivity index (χ0v) is 15.2. The molecule has 1 aromatic carbocycles. The Morgan fingerprint density at radius 2 is 1.75 bits per heavy atom. The van der Waals surface area contributed by atoms with Gasteiger partial charge in [0.1, 0.15) is 0 Å². The minimum atomic E-state index is -3.07. The topological polar surface area (TPSA) is 90.9 Å². The van der Waals surface area contributed by atoms with E-state index in [9.17, 15) is 13.2 Å². The fraction of sp³-hybridized carbons (Fsp3) is 0.562. The van der Waals surface area contributed by atoms with Gasteiger partial charge in [0.05, 0.1) is 44.8 Å². The molecular formula is C16H23NO6S. The first kappa shape index (κ1) is 18.4. The van der Waals surface area contributed by atoms with Gasteiger partial charge in [-0.2, -0.15) is 0 Å². The van der Waals surface area contributed by atoms with Crippen LogP contribution in [-0.4, -0.2) is 52.7 Å². The highest BCUT2D eigenvalue weighted by Crippen LogP contribution is 2.38. The Bertz CT molecular complexity index is 705. The Labute approximate surface area is 142 Å². The van der Waals surface area contributed by atoms with Gasteiger partial charge in [0.25, 0.3) is 0 Å². The molecular weight excluding hydrogens is 334 g/mol. The normalized spacial score (nSPS) is 22.0. The first-order chi connectivity index (χ1) is 11.2. The van der Waals surface area contributed by atoms with Crippen molar-refractivity contribution in [3.8, 4) is 17.2 Å². The second-order valence-electron chi connectivity index (χ2n) is 6.16. The Morgan fingerprint density at radius 3 is 2.17 bits per heavy atom. The molecule has 1 aromatic rings. The van der Waals surface area contributed by atoms with Crippen molar-refractivity contribution >= 4 is 15.7 Å². The molecule has 0 saturated carbocycles. The summed E-state index contributed by atoms with van der Waals surface area (Å²) in [6, 6.07) is 3.41. The van der Waals surface area contributed by atoms with Crippen molar-refractivity contribution in [2.75, 3.05) is 32.8 Å². The molecule has 0 spiro atoms. The van der Waals surface area contributed by atoms with Gasteiger partial charge in [0.2, 0.25) is 11.7 Å². The summed E-state index contributed by atoms with van der Waals surface area (Å²) in [5.74, 6) is 1.22. The van der Waals surface area contributed by atoms with Crippen molar-refractivity contribution in [2.45, 2.75) is 25.3 Å². The van der Waals surface area contributed by atoms with Crippen LogP contribution < -0.4 is 19.5 Å². The summed E-state index contributed by atoms with van der Waals surface area (Å²) >= 11 is 0. The van der Waals surface area contributed by atoms with Crippen LogP contribution in [0.2, 0.25) is 0 Å². The van der Waals surface area contributed by atoms with Gasteiger partial charge in [-0.3, -0.25) is 4.79 Å². The molecule has 7 nitrogen and oxygen atoms in total. The minimum absolute atomic E-state index is 0.0268. The van der Waals surface area contributed by atoms with Crippen molar-refractivity contribution < 1.29 is 27.4 Å². The number of carbonyl (C=O) groups excluding carboxylic acids is 1. The first-order valence-corrected chi connectivity index (χ1v) is 9.34. The van der Waals surface area contributed by atoms with Gasteiger partial charge in [-0.05, 0) is 31.0 Å². The van der Waals surface area contributed by atoms with Gasteiger partial charge in [-0.1, -0.05) is 0 Å². The number of rotatable bonds is 6. The van der Waals surface area contributed by atoms with Crippen molar-refractivity contribution in [2.24, 2.45) is 0 Å². The third kappa shape index (κ3) is 4.11. The summed E-state index contributed by atoms with van der Waals surface area (Å²) in [6.07, 6.45) is 0.517. The molecule has 1 heterocycles. The van der Waals surface area contributed by atoms with E-state index in [0.717, 1.165) is 0 Å². The van der Waals surface area contributed by atoms with Gasteiger partial charge in [0.15, 0.2) is 21.3 Å². The maximum absolute atomic E-state index is 12.3. The summed E-state index contributed by atoms with van der Waals surface area (Å²) in [7, 11) is 1.45. The largest absolute Gasteiger partial charge is 0.493 e. The van der Waals surface area contributed by atoms with Crippen LogP contribution >= 0.6 is 0 Å². The third-order valence-electron chi connectivity index (χ3n) is 4.03. The molecule has 1 aliphatic rings. The van der Waals surface area contributed by atoms with Gasteiger partial charge in [0, 0.05) is 0 Å². The molecule has 134 valence electrons. The highest BCUT2D eigenvalue weighted by molar-refractivity contribution is 7.91. The second kappa shape index (κ2) is 6.88. The predicted molar refractivity (Wildman–Crippen MR) is 89.6 cm³/mol. The van der Waals surface area contributed by atoms with Crippen molar-refractivity contribution in [3.63, 3.8) is 0 Å². The average molecular weight is 357 g/mol. The summed E-state index contributed by atoms with van der Waals surface area (Å²) in [4.78, 5) is 12.3. The summed E-state index contributed by atoms with van der Waals surface area (Å²) < 4.78 is 39.0. The predicted octanol–water partition coefficient (Wildman–Crippen LogP) is 0.948. The number of methoxy groups -OCH3 is 3. The fourth-order valence-corrected chi connectivity index (χ4v) is 5.01. The van der Waals surface area contributed by atoms with E-state index in [1.807, 2.05) is 0 Å². The summed E-state index contributed by atoms with van der Waals surface area (Å²) in [5.41, 5.74) is -0.0252. The van der Waals surface area contributed by atoms with Crippen LogP contribution in [0.3, 0.4) is 0 Å². The molecule has 8 heteroatoms. The lowest BCUT2D eigenvalue weighted by molar-refractivity contribution is -0.121. The Kier molecular flexibility index (Phi) is 5.27. The van der Waals surface area contributed by atoms with Crippen LogP contribution in [0.15, 0.2) is 12.1 Å². The fourth-order valence-electron chi connectivity index (χ4n) is 2.91. The zero-order valence-electron chi connectivity index (χ0n) is 14.3. The van der Waals surface area contributed by atoms with E-state index in [1.54, 1.807) is 19.1 Å². The molecule has 0 bridgehead atoms. The second-order valence-corrected chi connectivity index (χ2v) is 8.35. The van der Waals surface area contributed by atoms with E-state index in [1.165, 1.54) is 21.3 Å². The van der Waals surface area contributed by atoms with Gasteiger partial charge < -0.3 is 19.5 Å². The molecule has 0 aromatic heterocycles. The van der Waals surface area contributed by atoms with Gasteiger partial charge in [-0.25, -0.2) is 8.42 Å². The Hall–Kier alpha value is -1.96. The number of ether oxygens (including phenoxy) is 3. The Morgan fingerprint density at radius 1 is 1.17 bits per heavy atom. The van der Waals surface area contributed by atoms with E-state index in [4.69, 9.17) is 14.2 Å². The van der Waals surface area contributed by atoms with E-state index < -0.39 is 15.4 Å².